The minimum Gasteiger partial charge on any atom is -0.265 e. The lowest BCUT2D eigenvalue weighted by Gasteiger charge is -2.04. The molecular formula is C10H13N5S. The molecule has 2 aromatic rings. The third-order valence-electron chi connectivity index (χ3n) is 2.30. The molecule has 1 N–H and O–H groups in total. The molecule has 2 rings (SSSR count). The van der Waals surface area contributed by atoms with Gasteiger partial charge in [-0.15, -0.1) is 0 Å². The molecule has 0 amide bonds. The van der Waals surface area contributed by atoms with E-state index in [9.17, 15) is 0 Å². The maximum absolute atomic E-state index is 7.32. The zero-order valence-electron chi connectivity index (χ0n) is 9.70. The molecule has 0 saturated heterocycles. The van der Waals surface area contributed by atoms with Crippen molar-refractivity contribution in [2.24, 2.45) is 0 Å². The number of aromatic amines is 1. The molecule has 16 heavy (non-hydrogen) atoms. The average molecular weight is 235 g/mol. The number of aromatic nitrogens is 4. The largest absolute Gasteiger partial charge is 0.265 e. The molecule has 0 saturated carbocycles. The van der Waals surface area contributed by atoms with Gasteiger partial charge in [-0.05, 0) is 38.6 Å². The predicted molar refractivity (Wildman–Crippen MR) is 63.7 cm³/mol. The molecule has 6 heteroatoms. The van der Waals surface area contributed by atoms with Crippen LogP contribution in [0.3, 0.4) is 0 Å². The molecule has 0 aliphatic carbocycles. The molecule has 0 aliphatic rings. The molecular weight excluding hydrogens is 222 g/mol. The van der Waals surface area contributed by atoms with Gasteiger partial charge in [0, 0.05) is 18.3 Å². The van der Waals surface area contributed by atoms with Gasteiger partial charge < -0.3 is 0 Å². The summed E-state index contributed by atoms with van der Waals surface area (Å²) in [6.45, 7) is 7.46. The Morgan fingerprint density at radius 3 is 2.44 bits per heavy atom. The van der Waals surface area contributed by atoms with Gasteiger partial charge in [0.1, 0.15) is 0 Å². The molecule has 0 atom stereocenters. The molecule has 2 heterocycles. The quantitative estimate of drug-likeness (QED) is 0.711. The summed E-state index contributed by atoms with van der Waals surface area (Å²) in [7, 11) is 0. The van der Waals surface area contributed by atoms with Crippen molar-refractivity contribution in [2.75, 3.05) is 0 Å². The normalized spacial score (nSPS) is 9.44. The number of nitrogens with zero attached hydrogens (tertiary/aromatic N) is 4. The van der Waals surface area contributed by atoms with Gasteiger partial charge in [0.05, 0.1) is 6.07 Å². The summed E-state index contributed by atoms with van der Waals surface area (Å²) in [6, 6.07) is 1.75. The van der Waals surface area contributed by atoms with Crippen LogP contribution in [0.25, 0.3) is 5.78 Å². The Hall–Kier alpha value is -1.74. The van der Waals surface area contributed by atoms with Crippen molar-refractivity contribution >= 4 is 18.0 Å². The van der Waals surface area contributed by atoms with Crippen LogP contribution in [0.1, 0.15) is 23.9 Å². The first kappa shape index (κ1) is 12.3. The fraction of sp³-hybridized carbons (Fsp3) is 0.400. The van der Waals surface area contributed by atoms with E-state index < -0.39 is 0 Å². The topological polar surface area (TPSA) is 69.8 Å². The van der Waals surface area contributed by atoms with E-state index in [0.717, 1.165) is 17.0 Å². The third-order valence-corrected chi connectivity index (χ3v) is 2.48. The van der Waals surface area contributed by atoms with E-state index in [1.165, 1.54) is 6.92 Å². The van der Waals surface area contributed by atoms with Gasteiger partial charge in [-0.3, -0.25) is 5.10 Å². The summed E-state index contributed by atoms with van der Waals surface area (Å²) < 4.78 is 2.28. The Bertz CT molecular complexity index is 602. The second-order valence-electron chi connectivity index (χ2n) is 3.30. The second-order valence-corrected chi connectivity index (χ2v) is 3.68. The molecule has 0 bridgehead atoms. The lowest BCUT2D eigenvalue weighted by atomic mass is 10.2. The van der Waals surface area contributed by atoms with E-state index in [1.807, 2.05) is 25.3 Å². The average Bonchev–Trinajstić information content (AvgIpc) is 2.57. The van der Waals surface area contributed by atoms with Crippen molar-refractivity contribution < 1.29 is 0 Å². The minimum absolute atomic E-state index is 0.473. The molecule has 0 aromatic carbocycles. The Kier molecular flexibility index (Phi) is 3.74. The van der Waals surface area contributed by atoms with E-state index >= 15 is 0 Å². The Morgan fingerprint density at radius 1 is 1.31 bits per heavy atom. The Labute approximate surface area is 98.8 Å². The van der Waals surface area contributed by atoms with Crippen LogP contribution >= 0.6 is 12.2 Å². The lowest BCUT2D eigenvalue weighted by molar-refractivity contribution is 0.865. The van der Waals surface area contributed by atoms with Crippen molar-refractivity contribution in [2.45, 2.75) is 27.7 Å². The molecule has 2 aromatic heterocycles. The second kappa shape index (κ2) is 4.86. The first-order chi connectivity index (χ1) is 7.51. The Morgan fingerprint density at radius 2 is 1.88 bits per heavy atom. The van der Waals surface area contributed by atoms with Gasteiger partial charge in [-0.2, -0.15) is 10.2 Å². The molecule has 0 radical (unpaired) electrons. The fourth-order valence-corrected chi connectivity index (χ4v) is 1.46. The highest BCUT2D eigenvalue weighted by molar-refractivity contribution is 7.71. The summed E-state index contributed by atoms with van der Waals surface area (Å²) in [6.07, 6.45) is 0. The number of rotatable bonds is 0. The maximum Gasteiger partial charge on any atom is 0.252 e. The number of hydrogen-bond acceptors (Lipinski definition) is 4. The predicted octanol–water partition coefficient (Wildman–Crippen LogP) is 2.24. The highest BCUT2D eigenvalue weighted by Crippen LogP contribution is 2.10. The van der Waals surface area contributed by atoms with Crippen molar-refractivity contribution in [3.8, 4) is 6.07 Å². The summed E-state index contributed by atoms with van der Waals surface area (Å²) in [5, 5.41) is 10.3. The molecule has 0 aliphatic heterocycles. The number of nitrogens with one attached hydrogen (secondary N) is 1. The van der Waals surface area contributed by atoms with E-state index in [1.54, 1.807) is 6.07 Å². The van der Waals surface area contributed by atoms with Crippen molar-refractivity contribution in [3.05, 3.63) is 21.7 Å². The third kappa shape index (κ3) is 2.25. The molecule has 0 fully saturated rings. The van der Waals surface area contributed by atoms with Crippen LogP contribution in [-0.4, -0.2) is 19.6 Å². The first-order valence-corrected chi connectivity index (χ1v) is 5.15. The summed E-state index contributed by atoms with van der Waals surface area (Å²) in [5.41, 5.74) is 3.27. The van der Waals surface area contributed by atoms with E-state index in [2.05, 4.69) is 15.1 Å². The number of nitriles is 1. The van der Waals surface area contributed by atoms with Crippen LogP contribution in [0, 0.1) is 36.9 Å². The van der Waals surface area contributed by atoms with E-state index in [0.29, 0.717) is 10.5 Å². The fourth-order valence-electron chi connectivity index (χ4n) is 1.28. The zero-order chi connectivity index (χ0) is 12.3. The van der Waals surface area contributed by atoms with Crippen LogP contribution < -0.4 is 0 Å². The molecule has 84 valence electrons. The molecule has 0 unspecified atom stereocenters. The Balaban J connectivity index is 0.000000386. The van der Waals surface area contributed by atoms with Crippen LogP contribution in [0.15, 0.2) is 0 Å². The van der Waals surface area contributed by atoms with Crippen molar-refractivity contribution in [1.29, 1.82) is 5.26 Å². The van der Waals surface area contributed by atoms with E-state index in [4.69, 9.17) is 17.5 Å². The van der Waals surface area contributed by atoms with Gasteiger partial charge in [-0.1, -0.05) is 0 Å². The zero-order valence-corrected chi connectivity index (χ0v) is 10.5. The summed E-state index contributed by atoms with van der Waals surface area (Å²) in [4.78, 5) is 8.40. The summed E-state index contributed by atoms with van der Waals surface area (Å²) in [5.74, 6) is 0.644. The molecule has 5 nitrogen and oxygen atoms in total. The highest BCUT2D eigenvalue weighted by Gasteiger charge is 2.05. The van der Waals surface area contributed by atoms with Gasteiger partial charge in [0.2, 0.25) is 4.77 Å². The van der Waals surface area contributed by atoms with Crippen LogP contribution in [0.2, 0.25) is 0 Å². The maximum atomic E-state index is 7.32. The lowest BCUT2D eigenvalue weighted by Crippen LogP contribution is -2.02. The number of fused-ring (bicyclic) bond motifs is 1. The molecule has 0 spiro atoms. The van der Waals surface area contributed by atoms with Gasteiger partial charge in [0.15, 0.2) is 0 Å². The van der Waals surface area contributed by atoms with E-state index in [-0.39, 0.29) is 0 Å². The number of aryl methyl sites for hydroxylation is 2. The minimum atomic E-state index is 0.473. The first-order valence-electron chi connectivity index (χ1n) is 4.74. The summed E-state index contributed by atoms with van der Waals surface area (Å²) >= 11 is 4.93. The highest BCUT2D eigenvalue weighted by atomic mass is 32.1. The van der Waals surface area contributed by atoms with Crippen LogP contribution in [-0.2, 0) is 0 Å². The monoisotopic (exact) mass is 235 g/mol. The van der Waals surface area contributed by atoms with Crippen molar-refractivity contribution in [1.82, 2.24) is 19.6 Å². The number of H-pyrrole nitrogens is 1. The van der Waals surface area contributed by atoms with Gasteiger partial charge in [0.25, 0.3) is 5.78 Å². The van der Waals surface area contributed by atoms with Gasteiger partial charge >= 0.3 is 0 Å². The van der Waals surface area contributed by atoms with Crippen molar-refractivity contribution in [3.63, 3.8) is 0 Å². The SMILES string of the molecule is CC#N.Cc1nc2nc(=S)[nH]n2c(C)c1C. The van der Waals surface area contributed by atoms with Crippen LogP contribution in [0.5, 0.6) is 0 Å². The van der Waals surface area contributed by atoms with Gasteiger partial charge in [-0.25, -0.2) is 9.50 Å². The standard InChI is InChI=1S/C8H10N4S.C2H3N/c1-4-5(2)9-7-10-8(13)11-12(7)6(4)3;1-2-3/h1-3H3,(H,11,13);1H3. The number of hydrogen-bond donors (Lipinski definition) is 1. The van der Waals surface area contributed by atoms with Crippen LogP contribution in [0.4, 0.5) is 0 Å². The smallest absolute Gasteiger partial charge is 0.252 e.